The van der Waals surface area contributed by atoms with E-state index in [1.54, 1.807) is 6.07 Å². The third-order valence-electron chi connectivity index (χ3n) is 2.48. The number of urea groups is 1. The second-order valence-electron chi connectivity index (χ2n) is 3.86. The van der Waals surface area contributed by atoms with Crippen molar-refractivity contribution in [3.63, 3.8) is 0 Å². The standard InChI is InChI=1S/C12H15BrN2O5/c13-10-2-1-8(7-9(10)11(18)19)14-12(20)15(3-5-16)4-6-17/h1-2,7,16-17H,3-6H2,(H,14,20)(H,18,19). The molecule has 0 spiro atoms. The van der Waals surface area contributed by atoms with Gasteiger partial charge in [0.25, 0.3) is 0 Å². The lowest BCUT2D eigenvalue weighted by molar-refractivity contribution is 0.0696. The van der Waals surface area contributed by atoms with Gasteiger partial charge in [0.15, 0.2) is 0 Å². The Labute approximate surface area is 124 Å². The fourth-order valence-corrected chi connectivity index (χ4v) is 1.94. The first-order valence-electron chi connectivity index (χ1n) is 5.80. The van der Waals surface area contributed by atoms with Crippen LogP contribution in [0.1, 0.15) is 10.4 Å². The summed E-state index contributed by atoms with van der Waals surface area (Å²) in [5.74, 6) is -1.12. The first-order chi connectivity index (χ1) is 9.49. The van der Waals surface area contributed by atoms with Crippen LogP contribution in [0.4, 0.5) is 10.5 Å². The number of carbonyl (C=O) groups is 2. The maximum absolute atomic E-state index is 11.9. The average Bonchev–Trinajstić information content (AvgIpc) is 2.40. The average molecular weight is 347 g/mol. The van der Waals surface area contributed by atoms with Crippen molar-refractivity contribution in [3.8, 4) is 0 Å². The third kappa shape index (κ3) is 4.48. The molecule has 1 aromatic rings. The molecule has 0 aromatic heterocycles. The highest BCUT2D eigenvalue weighted by molar-refractivity contribution is 9.10. The molecule has 0 atom stereocenters. The van der Waals surface area contributed by atoms with Crippen LogP contribution in [-0.4, -0.2) is 58.5 Å². The fraction of sp³-hybridized carbons (Fsp3) is 0.333. The first-order valence-corrected chi connectivity index (χ1v) is 6.59. The number of carboxylic acids is 1. The highest BCUT2D eigenvalue weighted by Gasteiger charge is 2.14. The molecule has 0 aliphatic carbocycles. The smallest absolute Gasteiger partial charge is 0.336 e. The maximum Gasteiger partial charge on any atom is 0.336 e. The van der Waals surface area contributed by atoms with Crippen LogP contribution in [0.2, 0.25) is 0 Å². The zero-order chi connectivity index (χ0) is 15.1. The Kier molecular flexibility index (Phi) is 6.43. The number of halogens is 1. The topological polar surface area (TPSA) is 110 Å². The van der Waals surface area contributed by atoms with Gasteiger partial charge in [-0.2, -0.15) is 0 Å². The number of nitrogens with zero attached hydrogens (tertiary/aromatic N) is 1. The Morgan fingerprint density at radius 2 is 1.80 bits per heavy atom. The Morgan fingerprint density at radius 1 is 1.20 bits per heavy atom. The minimum atomic E-state index is -1.12. The van der Waals surface area contributed by atoms with E-state index in [1.807, 2.05) is 0 Å². The van der Waals surface area contributed by atoms with E-state index in [1.165, 1.54) is 17.0 Å². The van der Waals surface area contributed by atoms with E-state index in [0.29, 0.717) is 10.2 Å². The predicted molar refractivity (Wildman–Crippen MR) is 75.9 cm³/mol. The second kappa shape index (κ2) is 7.83. The summed E-state index contributed by atoms with van der Waals surface area (Å²) in [6.45, 7) is -0.300. The Balaban J connectivity index is 2.84. The summed E-state index contributed by atoms with van der Waals surface area (Å²) in [5, 5.41) is 29.2. The molecule has 1 rings (SSSR count). The molecule has 0 saturated carbocycles. The SMILES string of the molecule is O=C(O)c1cc(NC(=O)N(CCO)CCO)ccc1Br. The monoisotopic (exact) mass is 346 g/mol. The number of aliphatic hydroxyl groups is 2. The number of rotatable bonds is 6. The van der Waals surface area contributed by atoms with Gasteiger partial charge in [-0.05, 0) is 34.1 Å². The summed E-state index contributed by atoms with van der Waals surface area (Å²) in [6.07, 6.45) is 0. The minimum absolute atomic E-state index is 0.0265. The molecule has 0 aliphatic rings. The van der Waals surface area contributed by atoms with Gasteiger partial charge < -0.3 is 25.5 Å². The Bertz CT molecular complexity index is 489. The van der Waals surface area contributed by atoms with Crippen molar-refractivity contribution in [1.82, 2.24) is 4.90 Å². The van der Waals surface area contributed by atoms with Gasteiger partial charge in [0.1, 0.15) is 0 Å². The summed E-state index contributed by atoms with van der Waals surface area (Å²) >= 11 is 3.11. The molecule has 0 aliphatic heterocycles. The number of anilines is 1. The molecule has 0 heterocycles. The van der Waals surface area contributed by atoms with Crippen molar-refractivity contribution in [2.45, 2.75) is 0 Å². The number of aromatic carboxylic acids is 1. The van der Waals surface area contributed by atoms with Gasteiger partial charge in [-0.1, -0.05) is 0 Å². The first kappa shape index (κ1) is 16.4. The molecule has 0 unspecified atom stereocenters. The van der Waals surface area contributed by atoms with Crippen molar-refractivity contribution in [2.24, 2.45) is 0 Å². The van der Waals surface area contributed by atoms with Crippen LogP contribution in [0.15, 0.2) is 22.7 Å². The third-order valence-corrected chi connectivity index (χ3v) is 3.17. The summed E-state index contributed by atoms with van der Waals surface area (Å²) in [5.41, 5.74) is 0.343. The van der Waals surface area contributed by atoms with Crippen LogP contribution < -0.4 is 5.32 Å². The quantitative estimate of drug-likeness (QED) is 0.613. The van der Waals surface area contributed by atoms with E-state index in [-0.39, 0.29) is 31.9 Å². The van der Waals surface area contributed by atoms with Gasteiger partial charge in [-0.15, -0.1) is 0 Å². The summed E-state index contributed by atoms with van der Waals surface area (Å²) in [7, 11) is 0. The normalized spacial score (nSPS) is 10.2. The summed E-state index contributed by atoms with van der Waals surface area (Å²) in [4.78, 5) is 24.1. The molecule has 0 fully saturated rings. The number of nitrogens with one attached hydrogen (secondary N) is 1. The van der Waals surface area contributed by atoms with Gasteiger partial charge >= 0.3 is 12.0 Å². The van der Waals surface area contributed by atoms with E-state index < -0.39 is 12.0 Å². The Hall–Kier alpha value is -1.64. The van der Waals surface area contributed by atoms with Crippen LogP contribution in [0, 0.1) is 0 Å². The fourth-order valence-electron chi connectivity index (χ4n) is 1.53. The van der Waals surface area contributed by atoms with E-state index >= 15 is 0 Å². The molecule has 2 amide bonds. The lowest BCUT2D eigenvalue weighted by Crippen LogP contribution is -2.39. The van der Waals surface area contributed by atoms with Crippen molar-refractivity contribution in [3.05, 3.63) is 28.2 Å². The van der Waals surface area contributed by atoms with Crippen LogP contribution in [0.3, 0.4) is 0 Å². The number of carboxylic acid groups (broad SMARTS) is 1. The van der Waals surface area contributed by atoms with Crippen molar-refractivity contribution < 1.29 is 24.9 Å². The van der Waals surface area contributed by atoms with Gasteiger partial charge in [-0.3, -0.25) is 0 Å². The number of benzene rings is 1. The van der Waals surface area contributed by atoms with E-state index in [2.05, 4.69) is 21.2 Å². The Morgan fingerprint density at radius 3 is 2.30 bits per heavy atom. The second-order valence-corrected chi connectivity index (χ2v) is 4.72. The van der Waals surface area contributed by atoms with Crippen molar-refractivity contribution in [2.75, 3.05) is 31.6 Å². The summed E-state index contributed by atoms with van der Waals surface area (Å²) < 4.78 is 0.408. The van der Waals surface area contributed by atoms with Crippen LogP contribution >= 0.6 is 15.9 Å². The lowest BCUT2D eigenvalue weighted by atomic mass is 10.2. The molecule has 7 nitrogen and oxygen atoms in total. The molecular formula is C12H15BrN2O5. The predicted octanol–water partition coefficient (Wildman–Crippen LogP) is 0.966. The zero-order valence-corrected chi connectivity index (χ0v) is 12.1. The molecule has 1 aromatic carbocycles. The van der Waals surface area contributed by atoms with Crippen LogP contribution in [0.25, 0.3) is 0 Å². The molecule has 0 bridgehead atoms. The molecule has 110 valence electrons. The zero-order valence-electron chi connectivity index (χ0n) is 10.5. The van der Waals surface area contributed by atoms with Crippen LogP contribution in [0.5, 0.6) is 0 Å². The molecule has 0 saturated heterocycles. The molecule has 8 heteroatoms. The largest absolute Gasteiger partial charge is 0.478 e. The molecular weight excluding hydrogens is 332 g/mol. The van der Waals surface area contributed by atoms with E-state index in [4.69, 9.17) is 15.3 Å². The minimum Gasteiger partial charge on any atom is -0.478 e. The molecule has 20 heavy (non-hydrogen) atoms. The number of hydrogen-bond acceptors (Lipinski definition) is 4. The maximum atomic E-state index is 11.9. The highest BCUT2D eigenvalue weighted by Crippen LogP contribution is 2.21. The number of amides is 2. The lowest BCUT2D eigenvalue weighted by Gasteiger charge is -2.21. The summed E-state index contributed by atoms with van der Waals surface area (Å²) in [6, 6.07) is 3.86. The number of hydrogen-bond donors (Lipinski definition) is 4. The van der Waals surface area contributed by atoms with E-state index in [0.717, 1.165) is 0 Å². The van der Waals surface area contributed by atoms with Crippen molar-refractivity contribution >= 4 is 33.6 Å². The van der Waals surface area contributed by atoms with Crippen LogP contribution in [-0.2, 0) is 0 Å². The number of aliphatic hydroxyl groups excluding tert-OH is 2. The van der Waals surface area contributed by atoms with E-state index in [9.17, 15) is 9.59 Å². The van der Waals surface area contributed by atoms with Gasteiger partial charge in [0, 0.05) is 23.2 Å². The van der Waals surface area contributed by atoms with Gasteiger partial charge in [0.05, 0.1) is 18.8 Å². The van der Waals surface area contributed by atoms with Gasteiger partial charge in [0.2, 0.25) is 0 Å². The molecule has 0 radical (unpaired) electrons. The van der Waals surface area contributed by atoms with Gasteiger partial charge in [-0.25, -0.2) is 9.59 Å². The highest BCUT2D eigenvalue weighted by atomic mass is 79.9. The van der Waals surface area contributed by atoms with Crippen molar-refractivity contribution in [1.29, 1.82) is 0 Å². The number of carbonyl (C=O) groups excluding carboxylic acids is 1. The molecule has 4 N–H and O–H groups in total.